The van der Waals surface area contributed by atoms with Gasteiger partial charge in [0.15, 0.2) is 5.13 Å². The Labute approximate surface area is 152 Å². The maximum atomic E-state index is 12.8. The maximum absolute atomic E-state index is 12.8. The fourth-order valence-electron chi connectivity index (χ4n) is 2.63. The van der Waals surface area contributed by atoms with Crippen molar-refractivity contribution >= 4 is 54.4 Å². The number of hydrogen-bond donors (Lipinski definition) is 2. The number of rotatable bonds is 4. The van der Waals surface area contributed by atoms with Crippen molar-refractivity contribution in [3.05, 3.63) is 47.2 Å². The van der Waals surface area contributed by atoms with Gasteiger partial charge in [-0.1, -0.05) is 18.2 Å². The maximum Gasteiger partial charge on any atom is 0.273 e. The van der Waals surface area contributed by atoms with E-state index >= 15 is 0 Å². The predicted octanol–water partition coefficient (Wildman–Crippen LogP) is 3.76. The Balaban J connectivity index is 1.84. The number of anilines is 2. The molecule has 0 saturated carbocycles. The number of sulfonamides is 1. The Morgan fingerprint density at radius 2 is 2.04 bits per heavy atom. The number of thiazole rings is 1. The van der Waals surface area contributed by atoms with Crippen LogP contribution in [0.3, 0.4) is 0 Å². The van der Waals surface area contributed by atoms with Crippen LogP contribution in [0.15, 0.2) is 51.4 Å². The molecule has 0 aliphatic carbocycles. The van der Waals surface area contributed by atoms with Crippen molar-refractivity contribution in [1.82, 2.24) is 9.97 Å². The van der Waals surface area contributed by atoms with E-state index in [2.05, 4.69) is 9.97 Å². The van der Waals surface area contributed by atoms with E-state index in [1.807, 2.05) is 23.6 Å². The number of nitrogens with two attached hydrogens (primary N) is 1. The highest BCUT2D eigenvalue weighted by Gasteiger charge is 2.24. The zero-order chi connectivity index (χ0) is 17.6. The van der Waals surface area contributed by atoms with Crippen LogP contribution >= 0.6 is 22.7 Å². The third-order valence-corrected chi connectivity index (χ3v) is 7.70. The van der Waals surface area contributed by atoms with Gasteiger partial charge in [-0.2, -0.15) is 0 Å². The summed E-state index contributed by atoms with van der Waals surface area (Å²) in [6.07, 6.45) is 0. The zero-order valence-electron chi connectivity index (χ0n) is 13.1. The van der Waals surface area contributed by atoms with E-state index < -0.39 is 10.0 Å². The van der Waals surface area contributed by atoms with E-state index in [9.17, 15) is 8.42 Å². The predicted molar refractivity (Wildman–Crippen MR) is 104 cm³/mol. The Morgan fingerprint density at radius 3 is 2.72 bits per heavy atom. The van der Waals surface area contributed by atoms with Crippen LogP contribution in [0, 0.1) is 0 Å². The van der Waals surface area contributed by atoms with Gasteiger partial charge >= 0.3 is 0 Å². The summed E-state index contributed by atoms with van der Waals surface area (Å²) in [6, 6.07) is 10.8. The van der Waals surface area contributed by atoms with Gasteiger partial charge in [-0.3, -0.25) is 4.31 Å². The average molecular weight is 391 g/mol. The van der Waals surface area contributed by atoms with Crippen LogP contribution in [-0.4, -0.2) is 25.4 Å². The monoisotopic (exact) mass is 390 g/mol. The molecule has 0 aliphatic rings. The molecule has 1 aromatic carbocycles. The number of hydrogen-bond acceptors (Lipinski definition) is 6. The number of thiophene rings is 1. The molecule has 3 heterocycles. The first-order valence-corrected chi connectivity index (χ1v) is 10.5. The molecule has 0 aliphatic heterocycles. The standard InChI is InChI=1S/C16H14N4O2S3/c1-20(25(21,22)14-6-3-7-23-14)13-5-2-4-10-8-11(18-15(10)13)12-9-24-16(17)19-12/h2-9,18H,1H3,(H2,17,19). The lowest BCUT2D eigenvalue weighted by molar-refractivity contribution is 0.596. The van der Waals surface area contributed by atoms with Crippen molar-refractivity contribution in [2.24, 2.45) is 0 Å². The summed E-state index contributed by atoms with van der Waals surface area (Å²) in [5.41, 5.74) is 8.58. The van der Waals surface area contributed by atoms with E-state index in [4.69, 9.17) is 5.73 Å². The molecule has 0 atom stereocenters. The molecule has 6 nitrogen and oxygen atoms in total. The molecule has 128 valence electrons. The summed E-state index contributed by atoms with van der Waals surface area (Å²) in [6.45, 7) is 0. The second-order valence-electron chi connectivity index (χ2n) is 5.40. The summed E-state index contributed by atoms with van der Waals surface area (Å²) < 4.78 is 27.2. The largest absolute Gasteiger partial charge is 0.375 e. The van der Waals surface area contributed by atoms with Gasteiger partial charge in [-0.05, 0) is 23.6 Å². The molecule has 0 amide bonds. The van der Waals surface area contributed by atoms with Crippen molar-refractivity contribution in [3.8, 4) is 11.4 Å². The van der Waals surface area contributed by atoms with Crippen molar-refractivity contribution in [2.45, 2.75) is 4.21 Å². The van der Waals surface area contributed by atoms with Crippen LogP contribution in [-0.2, 0) is 10.0 Å². The molecule has 0 fully saturated rings. The topological polar surface area (TPSA) is 92.1 Å². The smallest absolute Gasteiger partial charge is 0.273 e. The van der Waals surface area contributed by atoms with E-state index in [0.717, 1.165) is 22.3 Å². The molecular formula is C16H14N4O2S3. The quantitative estimate of drug-likeness (QED) is 0.555. The number of para-hydroxylation sites is 1. The van der Waals surface area contributed by atoms with Crippen molar-refractivity contribution < 1.29 is 8.42 Å². The molecular weight excluding hydrogens is 376 g/mol. The van der Waals surface area contributed by atoms with Crippen LogP contribution in [0.5, 0.6) is 0 Å². The number of fused-ring (bicyclic) bond motifs is 1. The first-order valence-electron chi connectivity index (χ1n) is 7.32. The normalized spacial score (nSPS) is 11.9. The SMILES string of the molecule is CN(c1cccc2cc(-c3csc(N)n3)[nH]c12)S(=O)(=O)c1cccs1. The molecule has 0 unspecified atom stereocenters. The van der Waals surface area contributed by atoms with Crippen molar-refractivity contribution in [2.75, 3.05) is 17.1 Å². The Kier molecular flexibility index (Phi) is 3.78. The number of nitrogen functional groups attached to an aromatic ring is 1. The van der Waals surface area contributed by atoms with Gasteiger partial charge in [0.05, 0.1) is 22.6 Å². The van der Waals surface area contributed by atoms with Crippen LogP contribution in [0.1, 0.15) is 0 Å². The minimum atomic E-state index is -3.59. The molecule has 0 saturated heterocycles. The van der Waals surface area contributed by atoms with Crippen LogP contribution in [0.25, 0.3) is 22.3 Å². The van der Waals surface area contributed by atoms with Gasteiger partial charge in [0.25, 0.3) is 10.0 Å². The summed E-state index contributed by atoms with van der Waals surface area (Å²) in [5, 5.41) is 5.02. The van der Waals surface area contributed by atoms with E-state index in [1.54, 1.807) is 30.6 Å². The molecule has 4 rings (SSSR count). The second-order valence-corrected chi connectivity index (χ2v) is 9.43. The van der Waals surface area contributed by atoms with Gasteiger partial charge in [-0.15, -0.1) is 22.7 Å². The molecule has 3 aromatic heterocycles. The van der Waals surface area contributed by atoms with E-state index in [1.165, 1.54) is 27.0 Å². The summed E-state index contributed by atoms with van der Waals surface area (Å²) in [4.78, 5) is 7.55. The van der Waals surface area contributed by atoms with Gasteiger partial charge in [0.2, 0.25) is 0 Å². The Hall–Kier alpha value is -2.36. The minimum Gasteiger partial charge on any atom is -0.375 e. The van der Waals surface area contributed by atoms with Gasteiger partial charge < -0.3 is 10.7 Å². The Morgan fingerprint density at radius 1 is 1.20 bits per heavy atom. The summed E-state index contributed by atoms with van der Waals surface area (Å²) in [7, 11) is -2.03. The number of benzene rings is 1. The summed E-state index contributed by atoms with van der Waals surface area (Å²) in [5.74, 6) is 0. The number of nitrogens with one attached hydrogen (secondary N) is 1. The first-order chi connectivity index (χ1) is 12.0. The number of aromatic amines is 1. The zero-order valence-corrected chi connectivity index (χ0v) is 15.6. The lowest BCUT2D eigenvalue weighted by Gasteiger charge is -2.19. The molecule has 25 heavy (non-hydrogen) atoms. The van der Waals surface area contributed by atoms with E-state index in [0.29, 0.717) is 15.0 Å². The number of H-pyrrole nitrogens is 1. The number of aromatic nitrogens is 2. The third-order valence-electron chi connectivity index (χ3n) is 3.88. The lowest BCUT2D eigenvalue weighted by atomic mass is 10.2. The van der Waals surface area contributed by atoms with Crippen molar-refractivity contribution in [1.29, 1.82) is 0 Å². The van der Waals surface area contributed by atoms with Crippen molar-refractivity contribution in [3.63, 3.8) is 0 Å². The molecule has 0 spiro atoms. The molecule has 4 aromatic rings. The lowest BCUT2D eigenvalue weighted by Crippen LogP contribution is -2.26. The van der Waals surface area contributed by atoms with Gasteiger partial charge in [0, 0.05) is 17.8 Å². The van der Waals surface area contributed by atoms with Crippen LogP contribution < -0.4 is 10.0 Å². The second kappa shape index (κ2) is 5.87. The van der Waals surface area contributed by atoms with Gasteiger partial charge in [0.1, 0.15) is 4.21 Å². The third kappa shape index (κ3) is 2.70. The van der Waals surface area contributed by atoms with Gasteiger partial charge in [-0.25, -0.2) is 13.4 Å². The first kappa shape index (κ1) is 16.1. The fourth-order valence-corrected chi connectivity index (χ4v) is 5.56. The summed E-state index contributed by atoms with van der Waals surface area (Å²) >= 11 is 2.56. The highest BCUT2D eigenvalue weighted by Crippen LogP contribution is 2.34. The molecule has 0 bridgehead atoms. The molecule has 9 heteroatoms. The average Bonchev–Trinajstić information content (AvgIpc) is 3.32. The molecule has 3 N–H and O–H groups in total. The molecule has 0 radical (unpaired) electrons. The fraction of sp³-hybridized carbons (Fsp3) is 0.0625. The van der Waals surface area contributed by atoms with Crippen LogP contribution in [0.4, 0.5) is 10.8 Å². The van der Waals surface area contributed by atoms with Crippen LogP contribution in [0.2, 0.25) is 0 Å². The highest BCUT2D eigenvalue weighted by atomic mass is 32.2. The Bertz CT molecular complexity index is 1140. The number of nitrogens with zero attached hydrogens (tertiary/aromatic N) is 2. The minimum absolute atomic E-state index is 0.311. The highest BCUT2D eigenvalue weighted by molar-refractivity contribution is 7.94. The van der Waals surface area contributed by atoms with E-state index in [-0.39, 0.29) is 0 Å².